The zero-order valence-corrected chi connectivity index (χ0v) is 15.6. The molecule has 0 saturated carbocycles. The summed E-state index contributed by atoms with van der Waals surface area (Å²) in [6.45, 7) is 2.26. The van der Waals surface area contributed by atoms with E-state index < -0.39 is 38.0 Å². The van der Waals surface area contributed by atoms with Crippen molar-refractivity contribution in [2.45, 2.75) is 29.7 Å². The number of anilines is 1. The van der Waals surface area contributed by atoms with Gasteiger partial charge in [0.05, 0.1) is 10.5 Å². The molecule has 0 bridgehead atoms. The van der Waals surface area contributed by atoms with Crippen molar-refractivity contribution in [2.75, 3.05) is 5.32 Å². The van der Waals surface area contributed by atoms with E-state index in [0.717, 1.165) is 19.9 Å². The highest BCUT2D eigenvalue weighted by Crippen LogP contribution is 2.33. The second-order valence-corrected chi connectivity index (χ2v) is 9.05. The molecule has 0 spiro atoms. The van der Waals surface area contributed by atoms with Gasteiger partial charge in [-0.1, -0.05) is 11.6 Å². The van der Waals surface area contributed by atoms with Crippen molar-refractivity contribution in [3.05, 3.63) is 58.9 Å². The number of benzene rings is 2. The number of carbonyl (C=O) groups excluding carboxylic acids is 1. The SMILES string of the molecule is CC(C)(C(=O)Nc1ccc(C(F)(F)F)c(F)c1)S(=O)(=O)c1ccc(Cl)cc1. The first kappa shape index (κ1) is 21.2. The molecule has 0 unspecified atom stereocenters. The van der Waals surface area contributed by atoms with Gasteiger partial charge in [0.2, 0.25) is 5.91 Å². The summed E-state index contributed by atoms with van der Waals surface area (Å²) >= 11 is 5.72. The summed E-state index contributed by atoms with van der Waals surface area (Å²) in [6, 6.07) is 6.92. The molecule has 2 aromatic rings. The Hall–Kier alpha value is -2.13. The van der Waals surface area contributed by atoms with Crippen molar-refractivity contribution < 1.29 is 30.8 Å². The van der Waals surface area contributed by atoms with Gasteiger partial charge in [0, 0.05) is 10.7 Å². The maximum atomic E-state index is 13.6. The Kier molecular flexibility index (Phi) is 5.58. The van der Waals surface area contributed by atoms with Crippen LogP contribution in [0.4, 0.5) is 23.2 Å². The predicted octanol–water partition coefficient (Wildman–Crippen LogP) is 4.69. The number of sulfone groups is 1. The van der Waals surface area contributed by atoms with Crippen LogP contribution in [0.25, 0.3) is 0 Å². The molecule has 0 heterocycles. The zero-order valence-electron chi connectivity index (χ0n) is 14.1. The van der Waals surface area contributed by atoms with Crippen LogP contribution in [-0.2, 0) is 20.8 Å². The van der Waals surface area contributed by atoms with Gasteiger partial charge in [-0.2, -0.15) is 13.2 Å². The van der Waals surface area contributed by atoms with E-state index in [-0.39, 0.29) is 10.6 Å². The largest absolute Gasteiger partial charge is 0.419 e. The molecule has 1 N–H and O–H groups in total. The highest BCUT2D eigenvalue weighted by atomic mass is 35.5. The molecule has 2 aromatic carbocycles. The lowest BCUT2D eigenvalue weighted by molar-refractivity contribution is -0.139. The molecular formula is C17H14ClF4NO3S. The third kappa shape index (κ3) is 4.24. The number of halogens is 5. The van der Waals surface area contributed by atoms with Gasteiger partial charge >= 0.3 is 6.18 Å². The van der Waals surface area contributed by atoms with Crippen LogP contribution < -0.4 is 5.32 Å². The lowest BCUT2D eigenvalue weighted by Gasteiger charge is -2.24. The maximum absolute atomic E-state index is 13.6. The van der Waals surface area contributed by atoms with Crippen LogP contribution in [0, 0.1) is 5.82 Å². The molecule has 0 aliphatic heterocycles. The van der Waals surface area contributed by atoms with E-state index in [2.05, 4.69) is 5.32 Å². The molecule has 0 radical (unpaired) electrons. The summed E-state index contributed by atoms with van der Waals surface area (Å²) in [4.78, 5) is 12.3. The fraction of sp³-hybridized carbons (Fsp3) is 0.235. The molecule has 1 amide bonds. The third-order valence-electron chi connectivity index (χ3n) is 3.87. The average Bonchev–Trinajstić information content (AvgIpc) is 2.53. The Labute approximate surface area is 158 Å². The number of alkyl halides is 3. The molecule has 0 aromatic heterocycles. The van der Waals surface area contributed by atoms with Gasteiger partial charge in [0.25, 0.3) is 0 Å². The molecule has 4 nitrogen and oxygen atoms in total. The summed E-state index contributed by atoms with van der Waals surface area (Å²) in [5, 5.41) is 2.44. The maximum Gasteiger partial charge on any atom is 0.419 e. The topological polar surface area (TPSA) is 63.2 Å². The Balaban J connectivity index is 2.31. The Morgan fingerprint density at radius 3 is 2.07 bits per heavy atom. The van der Waals surface area contributed by atoms with Gasteiger partial charge in [-0.05, 0) is 56.3 Å². The molecule has 0 saturated heterocycles. The van der Waals surface area contributed by atoms with Crippen molar-refractivity contribution >= 4 is 33.0 Å². The molecule has 146 valence electrons. The average molecular weight is 424 g/mol. The first-order valence-corrected chi connectivity index (χ1v) is 9.31. The standard InChI is InChI=1S/C17H14ClF4NO3S/c1-16(2,27(25,26)12-6-3-10(18)4-7-12)15(24)23-11-5-8-13(14(19)9-11)17(20,21)22/h3-9H,1-2H3,(H,23,24). The smallest absolute Gasteiger partial charge is 0.325 e. The van der Waals surface area contributed by atoms with Gasteiger partial charge in [-0.15, -0.1) is 0 Å². The molecule has 0 fully saturated rings. The van der Waals surface area contributed by atoms with Gasteiger partial charge in [-0.25, -0.2) is 12.8 Å². The van der Waals surface area contributed by atoms with Crippen molar-refractivity contribution in [1.82, 2.24) is 0 Å². The molecule has 27 heavy (non-hydrogen) atoms. The Morgan fingerprint density at radius 2 is 1.59 bits per heavy atom. The van der Waals surface area contributed by atoms with Crippen molar-refractivity contribution in [2.24, 2.45) is 0 Å². The Morgan fingerprint density at radius 1 is 1.04 bits per heavy atom. The van der Waals surface area contributed by atoms with Gasteiger partial charge in [-0.3, -0.25) is 4.79 Å². The quantitative estimate of drug-likeness (QED) is 0.726. The molecule has 0 aliphatic carbocycles. The molecule has 0 atom stereocenters. The van der Waals surface area contributed by atoms with E-state index in [1.807, 2.05) is 0 Å². The number of carbonyl (C=O) groups is 1. The molecule has 10 heteroatoms. The van der Waals surface area contributed by atoms with E-state index in [0.29, 0.717) is 17.2 Å². The number of amides is 1. The monoisotopic (exact) mass is 423 g/mol. The molecule has 0 aliphatic rings. The van der Waals surface area contributed by atoms with Crippen LogP contribution in [-0.4, -0.2) is 19.1 Å². The van der Waals surface area contributed by atoms with Crippen molar-refractivity contribution in [3.8, 4) is 0 Å². The highest BCUT2D eigenvalue weighted by Gasteiger charge is 2.43. The minimum Gasteiger partial charge on any atom is -0.325 e. The summed E-state index contributed by atoms with van der Waals surface area (Å²) in [5.74, 6) is -2.62. The fourth-order valence-corrected chi connectivity index (χ4v) is 3.64. The predicted molar refractivity (Wildman–Crippen MR) is 92.7 cm³/mol. The highest BCUT2D eigenvalue weighted by molar-refractivity contribution is 7.93. The lowest BCUT2D eigenvalue weighted by Crippen LogP contribution is -2.44. The van der Waals surface area contributed by atoms with E-state index in [4.69, 9.17) is 11.6 Å². The third-order valence-corrected chi connectivity index (χ3v) is 6.55. The molecule has 2 rings (SSSR count). The van der Waals surface area contributed by atoms with E-state index in [1.54, 1.807) is 0 Å². The number of hydrogen-bond acceptors (Lipinski definition) is 3. The van der Waals surface area contributed by atoms with Crippen LogP contribution in [0.5, 0.6) is 0 Å². The van der Waals surface area contributed by atoms with Crippen LogP contribution in [0.3, 0.4) is 0 Å². The van der Waals surface area contributed by atoms with Gasteiger partial charge in [0.1, 0.15) is 10.6 Å². The van der Waals surface area contributed by atoms with Gasteiger partial charge in [0.15, 0.2) is 9.84 Å². The zero-order chi connectivity index (χ0) is 20.6. The lowest BCUT2D eigenvalue weighted by atomic mass is 10.1. The first-order chi connectivity index (χ1) is 12.3. The summed E-state index contributed by atoms with van der Waals surface area (Å²) in [5.41, 5.74) is -1.79. The van der Waals surface area contributed by atoms with Crippen molar-refractivity contribution in [1.29, 1.82) is 0 Å². The number of nitrogens with one attached hydrogen (secondary N) is 1. The summed E-state index contributed by atoms with van der Waals surface area (Å²) in [7, 11) is -4.16. The molecular weight excluding hydrogens is 410 g/mol. The van der Waals surface area contributed by atoms with Crippen LogP contribution in [0.1, 0.15) is 19.4 Å². The number of rotatable bonds is 4. The van der Waals surface area contributed by atoms with Gasteiger partial charge < -0.3 is 5.32 Å². The minimum atomic E-state index is -4.89. The fourth-order valence-electron chi connectivity index (χ4n) is 2.13. The minimum absolute atomic E-state index is 0.161. The Bertz CT molecular complexity index is 971. The second kappa shape index (κ2) is 7.12. The van der Waals surface area contributed by atoms with Crippen LogP contribution in [0.2, 0.25) is 5.02 Å². The van der Waals surface area contributed by atoms with Crippen LogP contribution >= 0.6 is 11.6 Å². The van der Waals surface area contributed by atoms with Crippen molar-refractivity contribution in [3.63, 3.8) is 0 Å². The summed E-state index contributed by atoms with van der Waals surface area (Å²) in [6.07, 6.45) is -4.89. The van der Waals surface area contributed by atoms with E-state index >= 15 is 0 Å². The summed E-state index contributed by atoms with van der Waals surface area (Å²) < 4.78 is 74.9. The second-order valence-electron chi connectivity index (χ2n) is 6.11. The number of hydrogen-bond donors (Lipinski definition) is 1. The van der Waals surface area contributed by atoms with E-state index in [9.17, 15) is 30.8 Å². The van der Waals surface area contributed by atoms with E-state index in [1.165, 1.54) is 24.3 Å². The normalized spacial score (nSPS) is 12.7. The first-order valence-electron chi connectivity index (χ1n) is 7.45. The van der Waals surface area contributed by atoms with Crippen LogP contribution in [0.15, 0.2) is 47.4 Å².